The lowest BCUT2D eigenvalue weighted by molar-refractivity contribution is -0.120. The third-order valence-corrected chi connectivity index (χ3v) is 7.21. The van der Waals surface area contributed by atoms with Crippen molar-refractivity contribution in [2.45, 2.75) is 77.0 Å². The van der Waals surface area contributed by atoms with Gasteiger partial charge in [-0.15, -0.1) is 0 Å². The summed E-state index contributed by atoms with van der Waals surface area (Å²) in [5.41, 5.74) is 5.16. The van der Waals surface area contributed by atoms with Crippen molar-refractivity contribution in [1.29, 1.82) is 0 Å². The molecule has 1 heterocycles. The van der Waals surface area contributed by atoms with Crippen LogP contribution in [0.25, 0.3) is 0 Å². The molecule has 8 heteroatoms. The number of carbonyl (C=O) groups excluding carboxylic acids is 1. The Kier molecular flexibility index (Phi) is 8.40. The molecule has 2 atom stereocenters. The molecule has 0 bridgehead atoms. The zero-order chi connectivity index (χ0) is 27.5. The van der Waals surface area contributed by atoms with Gasteiger partial charge in [0.15, 0.2) is 0 Å². The molecule has 3 aromatic rings. The lowest BCUT2D eigenvalue weighted by Crippen LogP contribution is -2.49. The maximum Gasteiger partial charge on any atom is 0.224 e. The summed E-state index contributed by atoms with van der Waals surface area (Å²) in [6.45, 7) is 10.4. The van der Waals surface area contributed by atoms with Crippen LogP contribution in [-0.4, -0.2) is 39.7 Å². The Balaban J connectivity index is 1.40. The van der Waals surface area contributed by atoms with E-state index >= 15 is 0 Å². The van der Waals surface area contributed by atoms with E-state index in [1.807, 2.05) is 37.3 Å². The SMILES string of the molecule is CC(=O)N[C@@H](Cc1ccc(Nc2cc(C)nc(Cl)n2)cc1)[C@@H](O)CNC1(c2cccc(C(C)(C)C)c2)CC1. The first kappa shape index (κ1) is 28.0. The van der Waals surface area contributed by atoms with Crippen molar-refractivity contribution >= 4 is 29.0 Å². The van der Waals surface area contributed by atoms with Crippen LogP contribution in [0.5, 0.6) is 0 Å². The van der Waals surface area contributed by atoms with Crippen LogP contribution in [0.1, 0.15) is 62.9 Å². The van der Waals surface area contributed by atoms with Crippen molar-refractivity contribution in [3.05, 3.63) is 82.3 Å². The Labute approximate surface area is 230 Å². The van der Waals surface area contributed by atoms with E-state index in [0.717, 1.165) is 29.8 Å². The lowest BCUT2D eigenvalue weighted by Gasteiger charge is -2.28. The molecule has 2 aromatic carbocycles. The molecule has 1 aromatic heterocycles. The second kappa shape index (κ2) is 11.4. The summed E-state index contributed by atoms with van der Waals surface area (Å²) in [5.74, 6) is 0.456. The van der Waals surface area contributed by atoms with Gasteiger partial charge in [-0.1, -0.05) is 57.2 Å². The van der Waals surface area contributed by atoms with E-state index in [4.69, 9.17) is 11.6 Å². The van der Waals surface area contributed by atoms with E-state index in [9.17, 15) is 9.90 Å². The summed E-state index contributed by atoms with van der Waals surface area (Å²) in [6, 6.07) is 18.0. The first-order chi connectivity index (χ1) is 17.9. The van der Waals surface area contributed by atoms with Crippen molar-refractivity contribution in [2.24, 2.45) is 0 Å². The molecule has 38 heavy (non-hydrogen) atoms. The number of amides is 1. The van der Waals surface area contributed by atoms with Crippen molar-refractivity contribution in [3.63, 3.8) is 0 Å². The van der Waals surface area contributed by atoms with Gasteiger partial charge in [-0.05, 0) is 72.0 Å². The molecule has 202 valence electrons. The first-order valence-electron chi connectivity index (χ1n) is 13.1. The van der Waals surface area contributed by atoms with Gasteiger partial charge in [0.1, 0.15) is 5.82 Å². The molecular weight excluding hydrogens is 498 g/mol. The van der Waals surface area contributed by atoms with Gasteiger partial charge < -0.3 is 21.1 Å². The number of aromatic nitrogens is 2. The zero-order valence-electron chi connectivity index (χ0n) is 22.8. The highest BCUT2D eigenvalue weighted by Crippen LogP contribution is 2.46. The number of benzene rings is 2. The third kappa shape index (κ3) is 7.31. The highest BCUT2D eigenvalue weighted by atomic mass is 35.5. The van der Waals surface area contributed by atoms with E-state index in [1.165, 1.54) is 18.1 Å². The van der Waals surface area contributed by atoms with Crippen LogP contribution in [-0.2, 0) is 22.2 Å². The van der Waals surface area contributed by atoms with Crippen LogP contribution in [0.3, 0.4) is 0 Å². The molecule has 1 fully saturated rings. The highest BCUT2D eigenvalue weighted by Gasteiger charge is 2.44. The standard InChI is InChI=1S/C30H38ClN5O2/c1-19-15-27(36-28(31)33-19)35-24-11-9-21(10-12-24)16-25(34-20(2)37)26(38)18-32-30(13-14-30)23-8-6-7-22(17-23)29(3,4)5/h6-12,15,17,25-26,32,38H,13-14,16,18H2,1-5H3,(H,34,37)(H,33,35,36)/t25-,26-/m0/s1. The van der Waals surface area contributed by atoms with E-state index in [1.54, 1.807) is 0 Å². The van der Waals surface area contributed by atoms with Crippen molar-refractivity contribution in [1.82, 2.24) is 20.6 Å². The lowest BCUT2D eigenvalue weighted by atomic mass is 9.85. The summed E-state index contributed by atoms with van der Waals surface area (Å²) in [7, 11) is 0. The van der Waals surface area contributed by atoms with Crippen LogP contribution in [0, 0.1) is 6.92 Å². The summed E-state index contributed by atoms with van der Waals surface area (Å²) in [4.78, 5) is 20.2. The number of nitrogens with zero attached hydrogens (tertiary/aromatic N) is 2. The Morgan fingerprint density at radius 3 is 2.42 bits per heavy atom. The maximum atomic E-state index is 12.0. The van der Waals surface area contributed by atoms with E-state index in [0.29, 0.717) is 18.8 Å². The monoisotopic (exact) mass is 535 g/mol. The number of carbonyl (C=O) groups is 1. The highest BCUT2D eigenvalue weighted by molar-refractivity contribution is 6.28. The van der Waals surface area contributed by atoms with Crippen molar-refractivity contribution < 1.29 is 9.90 Å². The molecule has 1 aliphatic carbocycles. The average Bonchev–Trinajstić information content (AvgIpc) is 3.63. The molecule has 1 amide bonds. The first-order valence-corrected chi connectivity index (χ1v) is 13.5. The Bertz CT molecular complexity index is 1250. The fraction of sp³-hybridized carbons (Fsp3) is 0.433. The van der Waals surface area contributed by atoms with Crippen LogP contribution >= 0.6 is 11.6 Å². The zero-order valence-corrected chi connectivity index (χ0v) is 23.6. The second-order valence-corrected chi connectivity index (χ2v) is 11.7. The topological polar surface area (TPSA) is 99.2 Å². The van der Waals surface area contributed by atoms with Gasteiger partial charge in [0.05, 0.1) is 12.1 Å². The molecule has 0 radical (unpaired) electrons. The van der Waals surface area contributed by atoms with Gasteiger partial charge in [0.2, 0.25) is 11.2 Å². The number of hydrogen-bond donors (Lipinski definition) is 4. The average molecular weight is 536 g/mol. The molecular formula is C30H38ClN5O2. The van der Waals surface area contributed by atoms with Crippen LogP contribution in [0.2, 0.25) is 5.28 Å². The van der Waals surface area contributed by atoms with Gasteiger partial charge in [-0.3, -0.25) is 4.79 Å². The minimum Gasteiger partial charge on any atom is -0.390 e. The van der Waals surface area contributed by atoms with Gasteiger partial charge in [0, 0.05) is 36.5 Å². The van der Waals surface area contributed by atoms with E-state index in [-0.39, 0.29) is 22.1 Å². The minimum absolute atomic E-state index is 0.0774. The predicted octanol–water partition coefficient (Wildman–Crippen LogP) is 5.17. The number of halogens is 1. The Morgan fingerprint density at radius 1 is 1.11 bits per heavy atom. The maximum absolute atomic E-state index is 12.0. The Morgan fingerprint density at radius 2 is 1.82 bits per heavy atom. The number of nitrogens with one attached hydrogen (secondary N) is 3. The van der Waals surface area contributed by atoms with Gasteiger partial charge in [0.25, 0.3) is 0 Å². The summed E-state index contributed by atoms with van der Waals surface area (Å²) in [5, 5.41) is 21.1. The van der Waals surface area contributed by atoms with E-state index in [2.05, 4.69) is 71.0 Å². The summed E-state index contributed by atoms with van der Waals surface area (Å²) in [6.07, 6.45) is 1.83. The van der Waals surface area contributed by atoms with Gasteiger partial charge >= 0.3 is 0 Å². The summed E-state index contributed by atoms with van der Waals surface area (Å²) < 4.78 is 0. The molecule has 0 aliphatic heterocycles. The normalized spacial score (nSPS) is 16.0. The second-order valence-electron chi connectivity index (χ2n) is 11.4. The number of anilines is 2. The number of aryl methyl sites for hydroxylation is 1. The number of aliphatic hydroxyl groups excluding tert-OH is 1. The minimum atomic E-state index is -0.744. The number of hydrogen-bond acceptors (Lipinski definition) is 6. The van der Waals surface area contributed by atoms with Crippen molar-refractivity contribution in [3.8, 4) is 0 Å². The molecule has 0 unspecified atom stereocenters. The molecule has 7 nitrogen and oxygen atoms in total. The third-order valence-electron chi connectivity index (χ3n) is 7.04. The molecule has 1 saturated carbocycles. The molecule has 0 spiro atoms. The number of rotatable bonds is 10. The largest absolute Gasteiger partial charge is 0.390 e. The van der Waals surface area contributed by atoms with Crippen LogP contribution in [0.4, 0.5) is 11.5 Å². The predicted molar refractivity (Wildman–Crippen MR) is 153 cm³/mol. The summed E-state index contributed by atoms with van der Waals surface area (Å²) >= 11 is 5.96. The smallest absolute Gasteiger partial charge is 0.224 e. The van der Waals surface area contributed by atoms with Crippen LogP contribution < -0.4 is 16.0 Å². The Hall–Kier alpha value is -3.00. The van der Waals surface area contributed by atoms with Gasteiger partial charge in [-0.25, -0.2) is 9.97 Å². The van der Waals surface area contributed by atoms with Crippen molar-refractivity contribution in [2.75, 3.05) is 11.9 Å². The quantitative estimate of drug-likeness (QED) is 0.267. The van der Waals surface area contributed by atoms with Crippen LogP contribution in [0.15, 0.2) is 54.6 Å². The molecule has 4 rings (SSSR count). The fourth-order valence-corrected chi connectivity index (χ4v) is 4.91. The van der Waals surface area contributed by atoms with E-state index < -0.39 is 12.1 Å². The van der Waals surface area contributed by atoms with Gasteiger partial charge in [-0.2, -0.15) is 0 Å². The fourth-order valence-electron chi connectivity index (χ4n) is 4.68. The molecule has 4 N–H and O–H groups in total. The number of aliphatic hydroxyl groups is 1. The molecule has 0 saturated heterocycles. The molecule has 1 aliphatic rings.